The zero-order valence-corrected chi connectivity index (χ0v) is 5.89. The molecule has 48 valence electrons. The lowest BCUT2D eigenvalue weighted by molar-refractivity contribution is -0.656. The lowest BCUT2D eigenvalue weighted by Gasteiger charge is -1.93. The molecular formula is C6H8ClN2+. The smallest absolute Gasteiger partial charge is 0.272 e. The molecule has 0 aliphatic carbocycles. The number of halogens is 1. The van der Waals surface area contributed by atoms with Gasteiger partial charge in [-0.3, -0.25) is 5.73 Å². The molecule has 1 rings (SSSR count). The molecule has 0 aliphatic heterocycles. The van der Waals surface area contributed by atoms with Crippen molar-refractivity contribution in [3.63, 3.8) is 0 Å². The first-order valence-corrected chi connectivity index (χ1v) is 2.98. The number of nitrogens with zero attached hydrogens (tertiary/aromatic N) is 1. The Hall–Kier alpha value is -0.760. The van der Waals surface area contributed by atoms with Crippen molar-refractivity contribution in [1.29, 1.82) is 0 Å². The van der Waals surface area contributed by atoms with Gasteiger partial charge in [0.1, 0.15) is 6.20 Å². The van der Waals surface area contributed by atoms with Gasteiger partial charge in [0.15, 0.2) is 0 Å². The van der Waals surface area contributed by atoms with Crippen LogP contribution in [0.1, 0.15) is 0 Å². The predicted octanol–water partition coefficient (Wildman–Crippen LogP) is 0.747. The summed E-state index contributed by atoms with van der Waals surface area (Å²) in [6.07, 6.45) is 1.76. The van der Waals surface area contributed by atoms with Crippen LogP contribution < -0.4 is 10.3 Å². The van der Waals surface area contributed by atoms with E-state index in [0.29, 0.717) is 10.8 Å². The van der Waals surface area contributed by atoms with Crippen molar-refractivity contribution < 1.29 is 4.57 Å². The summed E-state index contributed by atoms with van der Waals surface area (Å²) in [4.78, 5) is 0. The molecule has 1 heterocycles. The summed E-state index contributed by atoms with van der Waals surface area (Å²) in [6.45, 7) is 0. The van der Waals surface area contributed by atoms with Crippen LogP contribution in [0.15, 0.2) is 18.3 Å². The van der Waals surface area contributed by atoms with Crippen LogP contribution in [-0.2, 0) is 7.05 Å². The molecule has 0 saturated carbocycles. The van der Waals surface area contributed by atoms with Gasteiger partial charge in [-0.15, -0.1) is 0 Å². The quantitative estimate of drug-likeness (QED) is 0.534. The minimum atomic E-state index is 0.701. The predicted molar refractivity (Wildman–Crippen MR) is 37.0 cm³/mol. The van der Waals surface area contributed by atoms with Crippen molar-refractivity contribution in [2.24, 2.45) is 7.05 Å². The van der Waals surface area contributed by atoms with Crippen LogP contribution in [0, 0.1) is 0 Å². The lowest BCUT2D eigenvalue weighted by atomic mass is 10.4. The average Bonchev–Trinajstić information content (AvgIpc) is 1.80. The Kier molecular flexibility index (Phi) is 1.58. The van der Waals surface area contributed by atoms with Crippen molar-refractivity contribution in [3.8, 4) is 0 Å². The van der Waals surface area contributed by atoms with Gasteiger partial charge in [-0.1, -0.05) is 11.6 Å². The number of nitrogens with two attached hydrogens (primary N) is 1. The largest absolute Gasteiger partial charge is 0.287 e. The molecule has 0 fully saturated rings. The van der Waals surface area contributed by atoms with E-state index in [1.165, 1.54) is 0 Å². The average molecular weight is 144 g/mol. The first-order chi connectivity index (χ1) is 4.20. The van der Waals surface area contributed by atoms with Crippen LogP contribution in [-0.4, -0.2) is 0 Å². The van der Waals surface area contributed by atoms with E-state index in [1.807, 2.05) is 7.05 Å². The topological polar surface area (TPSA) is 29.9 Å². The number of rotatable bonds is 0. The maximum absolute atomic E-state index is 5.64. The minimum absolute atomic E-state index is 0.701. The lowest BCUT2D eigenvalue weighted by Crippen LogP contribution is -2.31. The summed E-state index contributed by atoms with van der Waals surface area (Å²) in [6, 6.07) is 3.53. The fourth-order valence-electron chi connectivity index (χ4n) is 0.585. The maximum atomic E-state index is 5.64. The number of pyridine rings is 1. The van der Waals surface area contributed by atoms with E-state index in [0.717, 1.165) is 0 Å². The molecule has 0 radical (unpaired) electrons. The summed E-state index contributed by atoms with van der Waals surface area (Å²) in [7, 11) is 1.85. The zero-order chi connectivity index (χ0) is 6.85. The van der Waals surface area contributed by atoms with E-state index in [9.17, 15) is 0 Å². The van der Waals surface area contributed by atoms with E-state index in [4.69, 9.17) is 17.3 Å². The van der Waals surface area contributed by atoms with E-state index >= 15 is 0 Å². The van der Waals surface area contributed by atoms with Crippen molar-refractivity contribution in [3.05, 3.63) is 23.4 Å². The number of hydrogen-bond acceptors (Lipinski definition) is 1. The summed E-state index contributed by atoms with van der Waals surface area (Å²) in [5.41, 5.74) is 5.49. The molecule has 2 nitrogen and oxygen atoms in total. The minimum Gasteiger partial charge on any atom is -0.287 e. The van der Waals surface area contributed by atoms with Crippen LogP contribution in [0.2, 0.25) is 5.02 Å². The molecule has 0 unspecified atom stereocenters. The Bertz CT molecular complexity index is 222. The Labute approximate surface area is 58.9 Å². The fourth-order valence-corrected chi connectivity index (χ4v) is 0.795. The number of aryl methyl sites for hydroxylation is 1. The molecule has 1 aromatic rings. The molecule has 1 aromatic heterocycles. The molecule has 0 aromatic carbocycles. The Morgan fingerprint density at radius 2 is 2.22 bits per heavy atom. The number of anilines is 1. The third kappa shape index (κ3) is 1.33. The third-order valence-electron chi connectivity index (χ3n) is 1.14. The number of nitrogen functional groups attached to an aromatic ring is 1. The Balaban J connectivity index is 3.17. The molecule has 0 spiro atoms. The van der Waals surface area contributed by atoms with Gasteiger partial charge in [-0.25, -0.2) is 4.57 Å². The first-order valence-electron chi connectivity index (χ1n) is 2.61. The van der Waals surface area contributed by atoms with Gasteiger partial charge in [0, 0.05) is 6.07 Å². The van der Waals surface area contributed by atoms with Gasteiger partial charge >= 0.3 is 0 Å². The van der Waals surface area contributed by atoms with Crippen molar-refractivity contribution >= 4 is 17.4 Å². The van der Waals surface area contributed by atoms with E-state index in [1.54, 1.807) is 22.9 Å². The second kappa shape index (κ2) is 2.23. The second-order valence-corrected chi connectivity index (χ2v) is 2.32. The van der Waals surface area contributed by atoms with Crippen LogP contribution in [0.5, 0.6) is 0 Å². The molecule has 9 heavy (non-hydrogen) atoms. The van der Waals surface area contributed by atoms with Crippen LogP contribution in [0.3, 0.4) is 0 Å². The zero-order valence-electron chi connectivity index (χ0n) is 5.13. The Morgan fingerprint density at radius 1 is 1.56 bits per heavy atom. The molecule has 2 N–H and O–H groups in total. The highest BCUT2D eigenvalue weighted by Gasteiger charge is 1.96. The van der Waals surface area contributed by atoms with Crippen molar-refractivity contribution in [2.45, 2.75) is 0 Å². The second-order valence-electron chi connectivity index (χ2n) is 1.88. The van der Waals surface area contributed by atoms with Gasteiger partial charge < -0.3 is 0 Å². The molecule has 0 amide bonds. The fraction of sp³-hybridized carbons (Fsp3) is 0.167. The molecule has 0 aliphatic rings. The van der Waals surface area contributed by atoms with Crippen molar-refractivity contribution in [2.75, 3.05) is 5.73 Å². The maximum Gasteiger partial charge on any atom is 0.272 e. The van der Waals surface area contributed by atoms with Gasteiger partial charge in [0.25, 0.3) is 5.82 Å². The van der Waals surface area contributed by atoms with Crippen LogP contribution in [0.4, 0.5) is 5.82 Å². The first kappa shape index (κ1) is 6.36. The molecular weight excluding hydrogens is 136 g/mol. The molecule has 0 atom stereocenters. The highest BCUT2D eigenvalue weighted by molar-refractivity contribution is 6.30. The summed E-state index contributed by atoms with van der Waals surface area (Å²) < 4.78 is 1.77. The molecule has 0 bridgehead atoms. The SMILES string of the molecule is C[n+]1cc(Cl)ccc1N. The van der Waals surface area contributed by atoms with E-state index in [2.05, 4.69) is 0 Å². The summed E-state index contributed by atoms with van der Waals surface area (Å²) in [5.74, 6) is 0.708. The van der Waals surface area contributed by atoms with Crippen LogP contribution in [0.25, 0.3) is 0 Å². The highest BCUT2D eigenvalue weighted by atomic mass is 35.5. The van der Waals surface area contributed by atoms with Gasteiger partial charge in [0.2, 0.25) is 0 Å². The molecule has 3 heteroatoms. The van der Waals surface area contributed by atoms with E-state index in [-0.39, 0.29) is 0 Å². The highest BCUT2D eigenvalue weighted by Crippen LogP contribution is 2.04. The Morgan fingerprint density at radius 3 is 2.67 bits per heavy atom. The summed E-state index contributed by atoms with van der Waals surface area (Å²) >= 11 is 5.64. The van der Waals surface area contributed by atoms with Crippen LogP contribution >= 0.6 is 11.6 Å². The number of aromatic nitrogens is 1. The van der Waals surface area contributed by atoms with Gasteiger partial charge in [-0.2, -0.15) is 0 Å². The number of hydrogen-bond donors (Lipinski definition) is 1. The van der Waals surface area contributed by atoms with Crippen molar-refractivity contribution in [1.82, 2.24) is 0 Å². The van der Waals surface area contributed by atoms with Gasteiger partial charge in [-0.05, 0) is 6.07 Å². The molecule has 0 saturated heterocycles. The monoisotopic (exact) mass is 143 g/mol. The normalized spacial score (nSPS) is 9.56. The van der Waals surface area contributed by atoms with E-state index < -0.39 is 0 Å². The standard InChI is InChI=1S/C6H7ClN2/c1-9-4-5(7)2-3-6(9)8/h2-4,8H,1H3/p+1. The van der Waals surface area contributed by atoms with Gasteiger partial charge in [0.05, 0.1) is 12.1 Å². The summed E-state index contributed by atoms with van der Waals surface area (Å²) in [5, 5.41) is 0.701. The third-order valence-corrected chi connectivity index (χ3v) is 1.36.